The van der Waals surface area contributed by atoms with E-state index in [-0.39, 0.29) is 12.5 Å². The van der Waals surface area contributed by atoms with E-state index >= 15 is 0 Å². The van der Waals surface area contributed by atoms with E-state index in [0.29, 0.717) is 19.1 Å². The Bertz CT molecular complexity index is 185. The third-order valence-electron chi connectivity index (χ3n) is 2.63. The van der Waals surface area contributed by atoms with Crippen LogP contribution in [0.15, 0.2) is 0 Å². The second-order valence-electron chi connectivity index (χ2n) is 3.72. The zero-order valence-electron chi connectivity index (χ0n) is 8.87. The molecule has 14 heavy (non-hydrogen) atoms. The van der Waals surface area contributed by atoms with Crippen molar-refractivity contribution in [2.45, 2.75) is 19.8 Å². The van der Waals surface area contributed by atoms with Gasteiger partial charge in [0.1, 0.15) is 6.61 Å². The molecule has 4 nitrogen and oxygen atoms in total. The normalized spacial score (nSPS) is 22.4. The van der Waals surface area contributed by atoms with Gasteiger partial charge in [-0.05, 0) is 32.2 Å². The van der Waals surface area contributed by atoms with Crippen LogP contribution in [0.1, 0.15) is 19.8 Å². The van der Waals surface area contributed by atoms with Gasteiger partial charge in [0.05, 0.1) is 0 Å². The van der Waals surface area contributed by atoms with Gasteiger partial charge in [-0.2, -0.15) is 0 Å². The Morgan fingerprint density at radius 3 is 3.07 bits per heavy atom. The monoisotopic (exact) mass is 200 g/mol. The molecular weight excluding hydrogens is 180 g/mol. The highest BCUT2D eigenvalue weighted by atomic mass is 16.5. The molecule has 0 radical (unpaired) electrons. The van der Waals surface area contributed by atoms with Gasteiger partial charge in [-0.25, -0.2) is 0 Å². The first kappa shape index (κ1) is 11.5. The van der Waals surface area contributed by atoms with Crippen LogP contribution in [0.3, 0.4) is 0 Å². The van der Waals surface area contributed by atoms with Gasteiger partial charge in [0.2, 0.25) is 5.91 Å². The van der Waals surface area contributed by atoms with Crippen molar-refractivity contribution >= 4 is 5.91 Å². The van der Waals surface area contributed by atoms with Crippen molar-refractivity contribution in [3.05, 3.63) is 0 Å². The summed E-state index contributed by atoms with van der Waals surface area (Å²) < 4.78 is 5.09. The Balaban J connectivity index is 2.31. The topological polar surface area (TPSA) is 55.6 Å². The zero-order chi connectivity index (χ0) is 10.4. The molecule has 82 valence electrons. The molecule has 1 amide bonds. The largest absolute Gasteiger partial charge is 0.372 e. The molecule has 0 spiro atoms. The summed E-state index contributed by atoms with van der Waals surface area (Å²) in [5, 5.41) is 0. The van der Waals surface area contributed by atoms with Crippen molar-refractivity contribution in [2.75, 3.05) is 32.8 Å². The van der Waals surface area contributed by atoms with E-state index in [0.717, 1.165) is 25.9 Å². The molecule has 0 saturated carbocycles. The number of hydrogen-bond acceptors (Lipinski definition) is 3. The predicted molar refractivity (Wildman–Crippen MR) is 54.9 cm³/mol. The molecule has 0 bridgehead atoms. The molecule has 2 N–H and O–H groups in total. The van der Waals surface area contributed by atoms with Crippen LogP contribution in [0.25, 0.3) is 0 Å². The molecule has 1 saturated heterocycles. The Hall–Kier alpha value is -0.610. The lowest BCUT2D eigenvalue weighted by Crippen LogP contribution is -2.43. The second kappa shape index (κ2) is 5.98. The highest BCUT2D eigenvalue weighted by molar-refractivity contribution is 5.77. The summed E-state index contributed by atoms with van der Waals surface area (Å²) in [5.74, 6) is 0.583. The van der Waals surface area contributed by atoms with Crippen molar-refractivity contribution in [2.24, 2.45) is 11.7 Å². The van der Waals surface area contributed by atoms with E-state index in [4.69, 9.17) is 10.5 Å². The van der Waals surface area contributed by atoms with Crippen LogP contribution in [-0.2, 0) is 9.53 Å². The fourth-order valence-corrected chi connectivity index (χ4v) is 1.76. The van der Waals surface area contributed by atoms with Crippen molar-refractivity contribution in [3.8, 4) is 0 Å². The summed E-state index contributed by atoms with van der Waals surface area (Å²) in [6, 6.07) is 0. The maximum absolute atomic E-state index is 11.6. The number of carbonyl (C=O) groups excluding carboxylic acids is 1. The van der Waals surface area contributed by atoms with E-state index in [1.165, 1.54) is 0 Å². The van der Waals surface area contributed by atoms with E-state index in [1.807, 2.05) is 11.8 Å². The first-order valence-corrected chi connectivity index (χ1v) is 5.33. The molecule has 0 aromatic carbocycles. The quantitative estimate of drug-likeness (QED) is 0.706. The first-order valence-electron chi connectivity index (χ1n) is 5.33. The van der Waals surface area contributed by atoms with Gasteiger partial charge in [-0.3, -0.25) is 4.79 Å². The lowest BCUT2D eigenvalue weighted by Gasteiger charge is -2.32. The number of hydrogen-bond donors (Lipinski definition) is 1. The van der Waals surface area contributed by atoms with Crippen LogP contribution < -0.4 is 5.73 Å². The van der Waals surface area contributed by atoms with E-state index in [2.05, 4.69) is 0 Å². The van der Waals surface area contributed by atoms with Crippen LogP contribution in [0.2, 0.25) is 0 Å². The minimum Gasteiger partial charge on any atom is -0.372 e. The number of carbonyl (C=O) groups is 1. The summed E-state index contributed by atoms with van der Waals surface area (Å²) in [4.78, 5) is 13.5. The minimum atomic E-state index is 0.102. The highest BCUT2D eigenvalue weighted by Gasteiger charge is 2.22. The molecule has 0 aromatic rings. The molecule has 1 aliphatic heterocycles. The third-order valence-corrected chi connectivity index (χ3v) is 2.63. The molecule has 0 aliphatic carbocycles. The SMILES string of the molecule is CCOCC(=O)N1CCCC(CN)C1. The molecule has 1 heterocycles. The van der Waals surface area contributed by atoms with Gasteiger partial charge < -0.3 is 15.4 Å². The zero-order valence-corrected chi connectivity index (χ0v) is 8.87. The average Bonchev–Trinajstić information content (AvgIpc) is 2.26. The maximum atomic E-state index is 11.6. The van der Waals surface area contributed by atoms with Crippen LogP contribution >= 0.6 is 0 Å². The van der Waals surface area contributed by atoms with Crippen LogP contribution in [-0.4, -0.2) is 43.7 Å². The Morgan fingerprint density at radius 1 is 1.64 bits per heavy atom. The molecule has 1 aliphatic rings. The smallest absolute Gasteiger partial charge is 0.248 e. The van der Waals surface area contributed by atoms with Crippen LogP contribution in [0.4, 0.5) is 0 Å². The standard InChI is InChI=1S/C10H20N2O2/c1-2-14-8-10(13)12-5-3-4-9(6-11)7-12/h9H,2-8,11H2,1H3. The lowest BCUT2D eigenvalue weighted by atomic mass is 9.98. The molecular formula is C10H20N2O2. The maximum Gasteiger partial charge on any atom is 0.248 e. The summed E-state index contributed by atoms with van der Waals surface area (Å²) >= 11 is 0. The summed E-state index contributed by atoms with van der Waals surface area (Å²) in [6.07, 6.45) is 2.22. The lowest BCUT2D eigenvalue weighted by molar-refractivity contribution is -0.137. The van der Waals surface area contributed by atoms with Crippen molar-refractivity contribution in [3.63, 3.8) is 0 Å². The molecule has 4 heteroatoms. The molecule has 0 aromatic heterocycles. The second-order valence-corrected chi connectivity index (χ2v) is 3.72. The number of amides is 1. The van der Waals surface area contributed by atoms with Crippen molar-refractivity contribution < 1.29 is 9.53 Å². The Morgan fingerprint density at radius 2 is 2.43 bits per heavy atom. The predicted octanol–water partition coefficient (Wildman–Crippen LogP) is 0.220. The third kappa shape index (κ3) is 3.27. The minimum absolute atomic E-state index is 0.102. The summed E-state index contributed by atoms with van der Waals surface area (Å²) in [7, 11) is 0. The molecule has 1 unspecified atom stereocenters. The molecule has 1 atom stereocenters. The summed E-state index contributed by atoms with van der Waals surface area (Å²) in [5.41, 5.74) is 5.60. The van der Waals surface area contributed by atoms with E-state index < -0.39 is 0 Å². The molecule has 1 rings (SSSR count). The fourth-order valence-electron chi connectivity index (χ4n) is 1.76. The number of rotatable bonds is 4. The van der Waals surface area contributed by atoms with Gasteiger partial charge in [-0.15, -0.1) is 0 Å². The van der Waals surface area contributed by atoms with Gasteiger partial charge in [-0.1, -0.05) is 0 Å². The number of piperidine rings is 1. The van der Waals surface area contributed by atoms with E-state index in [9.17, 15) is 4.79 Å². The molecule has 1 fully saturated rings. The average molecular weight is 200 g/mol. The van der Waals surface area contributed by atoms with Gasteiger partial charge in [0.15, 0.2) is 0 Å². The summed E-state index contributed by atoms with van der Waals surface area (Å²) in [6.45, 7) is 5.06. The van der Waals surface area contributed by atoms with E-state index in [1.54, 1.807) is 0 Å². The highest BCUT2D eigenvalue weighted by Crippen LogP contribution is 2.15. The number of likely N-dealkylation sites (tertiary alicyclic amines) is 1. The number of ether oxygens (including phenoxy) is 1. The van der Waals surface area contributed by atoms with Crippen LogP contribution in [0.5, 0.6) is 0 Å². The fraction of sp³-hybridized carbons (Fsp3) is 0.900. The van der Waals surface area contributed by atoms with Gasteiger partial charge in [0, 0.05) is 19.7 Å². The number of nitrogens with zero attached hydrogens (tertiary/aromatic N) is 1. The van der Waals surface area contributed by atoms with Gasteiger partial charge >= 0.3 is 0 Å². The Labute approximate surface area is 85.4 Å². The van der Waals surface area contributed by atoms with Gasteiger partial charge in [0.25, 0.3) is 0 Å². The van der Waals surface area contributed by atoms with Crippen molar-refractivity contribution in [1.29, 1.82) is 0 Å². The first-order chi connectivity index (χ1) is 6.77. The van der Waals surface area contributed by atoms with Crippen LogP contribution in [0, 0.1) is 5.92 Å². The Kier molecular flexibility index (Phi) is 4.90. The number of nitrogens with two attached hydrogens (primary N) is 1. The van der Waals surface area contributed by atoms with Crippen molar-refractivity contribution in [1.82, 2.24) is 4.90 Å².